The zero-order valence-electron chi connectivity index (χ0n) is 13.7. The molecule has 0 fully saturated rings. The van der Waals surface area contributed by atoms with Crippen molar-refractivity contribution in [2.45, 2.75) is 6.61 Å². The average Bonchev–Trinajstić information content (AvgIpc) is 2.67. The first-order valence-electron chi connectivity index (χ1n) is 7.72. The molecule has 8 heteroatoms. The summed E-state index contributed by atoms with van der Waals surface area (Å²) >= 11 is 5.98. The van der Waals surface area contributed by atoms with Crippen molar-refractivity contribution in [3.63, 3.8) is 0 Å². The molecule has 0 aliphatic heterocycles. The second-order valence-corrected chi connectivity index (χ2v) is 5.86. The maximum Gasteiger partial charge on any atom is 0.373 e. The number of aromatic carboxylic acids is 1. The third-order valence-corrected chi connectivity index (χ3v) is 3.89. The Labute approximate surface area is 158 Å². The van der Waals surface area contributed by atoms with Gasteiger partial charge in [0.15, 0.2) is 0 Å². The third kappa shape index (κ3) is 4.27. The SMILES string of the molecule is O=C(O)c1ncc(Cl)c(-c2ccc(C(=O)OCc3ccccc3)c(F)c2)n1. The van der Waals surface area contributed by atoms with Crippen molar-refractivity contribution in [3.8, 4) is 11.3 Å². The van der Waals surface area contributed by atoms with Crippen molar-refractivity contribution in [3.05, 3.63) is 82.5 Å². The second-order valence-electron chi connectivity index (χ2n) is 5.45. The number of carboxylic acid groups (broad SMARTS) is 1. The van der Waals surface area contributed by atoms with Gasteiger partial charge in [-0.2, -0.15) is 0 Å². The predicted octanol–water partition coefficient (Wildman–Crippen LogP) is 3.99. The van der Waals surface area contributed by atoms with E-state index in [0.717, 1.165) is 17.8 Å². The fraction of sp³-hybridized carbons (Fsp3) is 0.0526. The zero-order valence-corrected chi connectivity index (χ0v) is 14.5. The first-order chi connectivity index (χ1) is 13.0. The lowest BCUT2D eigenvalue weighted by Crippen LogP contribution is -2.08. The van der Waals surface area contributed by atoms with Crippen LogP contribution in [-0.2, 0) is 11.3 Å². The van der Waals surface area contributed by atoms with Gasteiger partial charge in [-0.15, -0.1) is 0 Å². The average molecular weight is 387 g/mol. The summed E-state index contributed by atoms with van der Waals surface area (Å²) in [6.07, 6.45) is 1.12. The fourth-order valence-corrected chi connectivity index (χ4v) is 2.50. The minimum Gasteiger partial charge on any atom is -0.475 e. The number of hydrogen-bond donors (Lipinski definition) is 1. The molecule has 2 aromatic carbocycles. The van der Waals surface area contributed by atoms with Crippen LogP contribution in [0, 0.1) is 5.82 Å². The van der Waals surface area contributed by atoms with Crippen molar-refractivity contribution in [2.75, 3.05) is 0 Å². The number of rotatable bonds is 5. The normalized spacial score (nSPS) is 10.4. The van der Waals surface area contributed by atoms with Gasteiger partial charge in [0.2, 0.25) is 5.82 Å². The van der Waals surface area contributed by atoms with Crippen LogP contribution in [0.25, 0.3) is 11.3 Å². The molecule has 0 saturated heterocycles. The maximum absolute atomic E-state index is 14.4. The molecule has 0 aliphatic carbocycles. The largest absolute Gasteiger partial charge is 0.475 e. The van der Waals surface area contributed by atoms with Crippen LogP contribution in [0.1, 0.15) is 26.5 Å². The Morgan fingerprint density at radius 2 is 1.89 bits per heavy atom. The van der Waals surface area contributed by atoms with Gasteiger partial charge in [-0.3, -0.25) is 0 Å². The van der Waals surface area contributed by atoms with E-state index in [-0.39, 0.29) is 28.5 Å². The molecule has 3 aromatic rings. The Bertz CT molecular complexity index is 1010. The van der Waals surface area contributed by atoms with Crippen LogP contribution in [0.4, 0.5) is 4.39 Å². The van der Waals surface area contributed by atoms with E-state index in [2.05, 4.69) is 9.97 Å². The standard InChI is InChI=1S/C19H12ClFN2O4/c20-14-9-22-17(18(24)25)23-16(14)12-6-7-13(15(21)8-12)19(26)27-10-11-4-2-1-3-5-11/h1-9H,10H2,(H,24,25). The van der Waals surface area contributed by atoms with Gasteiger partial charge >= 0.3 is 11.9 Å². The van der Waals surface area contributed by atoms with Crippen molar-refractivity contribution in [2.24, 2.45) is 0 Å². The molecule has 0 saturated carbocycles. The Morgan fingerprint density at radius 1 is 1.15 bits per heavy atom. The Balaban J connectivity index is 1.82. The number of esters is 1. The van der Waals surface area contributed by atoms with Gasteiger partial charge in [0.25, 0.3) is 0 Å². The van der Waals surface area contributed by atoms with Crippen molar-refractivity contribution < 1.29 is 23.8 Å². The number of aromatic nitrogens is 2. The zero-order chi connectivity index (χ0) is 19.4. The van der Waals surface area contributed by atoms with Crippen LogP contribution in [-0.4, -0.2) is 27.0 Å². The fourth-order valence-electron chi connectivity index (χ4n) is 2.30. The summed E-state index contributed by atoms with van der Waals surface area (Å²) in [7, 11) is 0. The third-order valence-electron chi connectivity index (χ3n) is 3.61. The van der Waals surface area contributed by atoms with Gasteiger partial charge < -0.3 is 9.84 Å². The van der Waals surface area contributed by atoms with Crippen molar-refractivity contribution in [1.29, 1.82) is 0 Å². The number of hydrogen-bond acceptors (Lipinski definition) is 5. The molecule has 0 aliphatic rings. The van der Waals surface area contributed by atoms with E-state index < -0.39 is 23.6 Å². The molecular formula is C19H12ClFN2O4. The van der Waals surface area contributed by atoms with Crippen LogP contribution in [0.15, 0.2) is 54.7 Å². The first-order valence-corrected chi connectivity index (χ1v) is 8.10. The minimum absolute atomic E-state index is 0.0145. The first kappa shape index (κ1) is 18.5. The minimum atomic E-state index is -1.34. The summed E-state index contributed by atoms with van der Waals surface area (Å²) in [6.45, 7) is 0.0145. The van der Waals surface area contributed by atoms with Crippen LogP contribution in [0.2, 0.25) is 5.02 Å². The highest BCUT2D eigenvalue weighted by atomic mass is 35.5. The molecule has 1 heterocycles. The lowest BCUT2D eigenvalue weighted by molar-refractivity contribution is 0.0467. The molecule has 0 unspecified atom stereocenters. The summed E-state index contributed by atoms with van der Waals surface area (Å²) in [4.78, 5) is 30.5. The number of ether oxygens (including phenoxy) is 1. The number of carbonyl (C=O) groups excluding carboxylic acids is 1. The molecule has 3 rings (SSSR count). The van der Waals surface area contributed by atoms with Crippen LogP contribution >= 0.6 is 11.6 Å². The molecule has 136 valence electrons. The van der Waals surface area contributed by atoms with E-state index in [9.17, 15) is 14.0 Å². The van der Waals surface area contributed by atoms with E-state index in [1.54, 1.807) is 24.3 Å². The van der Waals surface area contributed by atoms with E-state index >= 15 is 0 Å². The number of nitrogens with zero attached hydrogens (tertiary/aromatic N) is 2. The highest BCUT2D eigenvalue weighted by molar-refractivity contribution is 6.32. The molecule has 0 spiro atoms. The van der Waals surface area contributed by atoms with Crippen molar-refractivity contribution in [1.82, 2.24) is 9.97 Å². The van der Waals surface area contributed by atoms with Gasteiger partial charge in [-0.05, 0) is 17.7 Å². The highest BCUT2D eigenvalue weighted by Gasteiger charge is 2.17. The van der Waals surface area contributed by atoms with Crippen LogP contribution in [0.3, 0.4) is 0 Å². The molecule has 0 atom stereocenters. The van der Waals surface area contributed by atoms with Gasteiger partial charge in [0.1, 0.15) is 12.4 Å². The van der Waals surface area contributed by atoms with Crippen molar-refractivity contribution >= 4 is 23.5 Å². The monoisotopic (exact) mass is 386 g/mol. The topological polar surface area (TPSA) is 89.4 Å². The Kier molecular flexibility index (Phi) is 5.42. The summed E-state index contributed by atoms with van der Waals surface area (Å²) in [5.74, 6) is -3.46. The Hall–Kier alpha value is -3.32. The Morgan fingerprint density at radius 3 is 2.56 bits per heavy atom. The quantitative estimate of drug-likeness (QED) is 0.667. The number of halogens is 2. The molecule has 0 radical (unpaired) electrons. The molecule has 6 nitrogen and oxygen atoms in total. The van der Waals surface area contributed by atoms with E-state index in [1.807, 2.05) is 6.07 Å². The predicted molar refractivity (Wildman–Crippen MR) is 95.0 cm³/mol. The van der Waals surface area contributed by atoms with E-state index in [0.29, 0.717) is 0 Å². The molecule has 1 N–H and O–H groups in total. The lowest BCUT2D eigenvalue weighted by atomic mass is 10.1. The summed E-state index contributed by atoms with van der Waals surface area (Å²) < 4.78 is 19.5. The molecule has 27 heavy (non-hydrogen) atoms. The molecule has 0 bridgehead atoms. The highest BCUT2D eigenvalue weighted by Crippen LogP contribution is 2.27. The van der Waals surface area contributed by atoms with Crippen LogP contribution in [0.5, 0.6) is 0 Å². The van der Waals surface area contributed by atoms with Gasteiger partial charge in [0, 0.05) is 5.56 Å². The smallest absolute Gasteiger partial charge is 0.373 e. The van der Waals surface area contributed by atoms with E-state index in [1.165, 1.54) is 12.1 Å². The van der Waals surface area contributed by atoms with Crippen LogP contribution < -0.4 is 0 Å². The summed E-state index contributed by atoms with van der Waals surface area (Å²) in [5.41, 5.74) is 0.782. The van der Waals surface area contributed by atoms with Gasteiger partial charge in [0.05, 0.1) is 22.5 Å². The number of carbonyl (C=O) groups is 2. The molecule has 1 aromatic heterocycles. The lowest BCUT2D eigenvalue weighted by Gasteiger charge is -2.08. The summed E-state index contributed by atoms with van der Waals surface area (Å²) in [5, 5.41) is 9.02. The van der Waals surface area contributed by atoms with Gasteiger partial charge in [-0.25, -0.2) is 23.9 Å². The van der Waals surface area contributed by atoms with Gasteiger partial charge in [-0.1, -0.05) is 48.0 Å². The second kappa shape index (κ2) is 7.92. The molecular weight excluding hydrogens is 375 g/mol. The molecule has 0 amide bonds. The number of carboxylic acids is 1. The summed E-state index contributed by atoms with van der Waals surface area (Å²) in [6, 6.07) is 12.7. The maximum atomic E-state index is 14.4. The van der Waals surface area contributed by atoms with E-state index in [4.69, 9.17) is 21.4 Å². The number of benzene rings is 2.